The third-order valence-electron chi connectivity index (χ3n) is 4.97. The van der Waals surface area contributed by atoms with Gasteiger partial charge in [0.15, 0.2) is 0 Å². The highest BCUT2D eigenvalue weighted by molar-refractivity contribution is 7.89. The van der Waals surface area contributed by atoms with Crippen LogP contribution in [0.5, 0.6) is 0 Å². The van der Waals surface area contributed by atoms with Gasteiger partial charge in [-0.1, -0.05) is 24.4 Å². The molecule has 8 heteroatoms. The summed E-state index contributed by atoms with van der Waals surface area (Å²) >= 11 is 6.16. The molecule has 1 aliphatic carbocycles. The normalized spacial score (nSPS) is 20.7. The number of benzene rings is 1. The summed E-state index contributed by atoms with van der Waals surface area (Å²) in [6.07, 6.45) is 4.14. The Labute approximate surface area is 154 Å². The first-order valence-electron chi connectivity index (χ1n) is 8.67. The van der Waals surface area contributed by atoms with Crippen LogP contribution in [0.3, 0.4) is 0 Å². The molecule has 1 heterocycles. The van der Waals surface area contributed by atoms with Gasteiger partial charge in [0.2, 0.25) is 10.0 Å². The van der Waals surface area contributed by atoms with Crippen LogP contribution >= 0.6 is 11.6 Å². The first-order valence-corrected chi connectivity index (χ1v) is 10.5. The van der Waals surface area contributed by atoms with E-state index < -0.39 is 10.0 Å². The molecule has 1 saturated heterocycles. The Morgan fingerprint density at radius 1 is 1.16 bits per heavy atom. The molecule has 6 nitrogen and oxygen atoms in total. The Morgan fingerprint density at radius 2 is 1.80 bits per heavy atom. The standard InChI is InChI=1S/C17H24ClN3O3S/c1-20-8-10-21(11-9-20)25(23,24)14-6-7-16(18)15(12-14)17(22)19-13-4-2-3-5-13/h6-7,12-13H,2-5,8-11H2,1H3,(H,19,22). The maximum absolute atomic E-state index is 12.9. The summed E-state index contributed by atoms with van der Waals surface area (Å²) < 4.78 is 27.2. The SMILES string of the molecule is CN1CCN(S(=O)(=O)c2ccc(Cl)c(C(=O)NC3CCCC3)c2)CC1. The van der Waals surface area contributed by atoms with Crippen molar-refractivity contribution in [3.05, 3.63) is 28.8 Å². The topological polar surface area (TPSA) is 69.7 Å². The Hall–Kier alpha value is -1.15. The van der Waals surface area contributed by atoms with Crippen LogP contribution in [-0.2, 0) is 10.0 Å². The molecule has 138 valence electrons. The Bertz CT molecular complexity index is 740. The Kier molecular flexibility index (Phi) is 5.68. The molecule has 2 aliphatic rings. The second-order valence-electron chi connectivity index (χ2n) is 6.80. The number of piperazine rings is 1. The number of carbonyl (C=O) groups excluding carboxylic acids is 1. The lowest BCUT2D eigenvalue weighted by Gasteiger charge is -2.31. The highest BCUT2D eigenvalue weighted by Gasteiger charge is 2.29. The molecule has 0 radical (unpaired) electrons. The molecule has 2 fully saturated rings. The molecule has 0 spiro atoms. The minimum absolute atomic E-state index is 0.123. The first-order chi connectivity index (χ1) is 11.9. The number of sulfonamides is 1. The van der Waals surface area contributed by atoms with Crippen molar-refractivity contribution in [3.63, 3.8) is 0 Å². The van der Waals surface area contributed by atoms with Crippen LogP contribution in [-0.4, -0.2) is 62.8 Å². The summed E-state index contributed by atoms with van der Waals surface area (Å²) in [4.78, 5) is 14.7. The predicted molar refractivity (Wildman–Crippen MR) is 97.4 cm³/mol. The fourth-order valence-electron chi connectivity index (χ4n) is 3.35. The minimum Gasteiger partial charge on any atom is -0.349 e. The van der Waals surface area contributed by atoms with E-state index in [2.05, 4.69) is 10.2 Å². The zero-order valence-electron chi connectivity index (χ0n) is 14.4. The highest BCUT2D eigenvalue weighted by Crippen LogP contribution is 2.25. The number of amides is 1. The van der Waals surface area contributed by atoms with Crippen LogP contribution in [0, 0.1) is 0 Å². The molecule has 25 heavy (non-hydrogen) atoms. The molecular weight excluding hydrogens is 362 g/mol. The zero-order chi connectivity index (χ0) is 18.0. The second-order valence-corrected chi connectivity index (χ2v) is 9.15. The predicted octanol–water partition coefficient (Wildman–Crippen LogP) is 1.95. The number of carbonyl (C=O) groups is 1. The number of hydrogen-bond acceptors (Lipinski definition) is 4. The first kappa shape index (κ1) is 18.6. The fourth-order valence-corrected chi connectivity index (χ4v) is 5.00. The summed E-state index contributed by atoms with van der Waals surface area (Å²) in [5.41, 5.74) is 0.226. The van der Waals surface area contributed by atoms with Crippen molar-refractivity contribution in [2.75, 3.05) is 33.2 Å². The van der Waals surface area contributed by atoms with Crippen molar-refractivity contribution >= 4 is 27.5 Å². The van der Waals surface area contributed by atoms with Gasteiger partial charge in [-0.05, 0) is 38.1 Å². The van der Waals surface area contributed by atoms with Crippen LogP contribution in [0.1, 0.15) is 36.0 Å². The van der Waals surface area contributed by atoms with E-state index in [9.17, 15) is 13.2 Å². The molecule has 0 atom stereocenters. The molecule has 3 rings (SSSR count). The van der Waals surface area contributed by atoms with E-state index in [1.807, 2.05) is 7.05 Å². The lowest BCUT2D eigenvalue weighted by Crippen LogP contribution is -2.47. The molecule has 1 saturated carbocycles. The molecule has 1 amide bonds. The van der Waals surface area contributed by atoms with E-state index in [1.54, 1.807) is 0 Å². The zero-order valence-corrected chi connectivity index (χ0v) is 15.9. The van der Waals surface area contributed by atoms with Gasteiger partial charge >= 0.3 is 0 Å². The quantitative estimate of drug-likeness (QED) is 0.860. The van der Waals surface area contributed by atoms with Gasteiger partial charge in [-0.2, -0.15) is 4.31 Å². The van der Waals surface area contributed by atoms with Crippen molar-refractivity contribution in [2.24, 2.45) is 0 Å². The number of nitrogens with zero attached hydrogens (tertiary/aromatic N) is 2. The number of nitrogens with one attached hydrogen (secondary N) is 1. The number of likely N-dealkylation sites (N-methyl/N-ethyl adjacent to an activating group) is 1. The van der Waals surface area contributed by atoms with E-state index in [-0.39, 0.29) is 27.4 Å². The molecule has 0 aromatic heterocycles. The fraction of sp³-hybridized carbons (Fsp3) is 0.588. The second kappa shape index (κ2) is 7.61. The molecule has 0 bridgehead atoms. The average Bonchev–Trinajstić information content (AvgIpc) is 3.08. The van der Waals surface area contributed by atoms with E-state index in [0.717, 1.165) is 25.7 Å². The lowest BCUT2D eigenvalue weighted by molar-refractivity contribution is 0.0938. The van der Waals surface area contributed by atoms with Gasteiger partial charge in [0.05, 0.1) is 15.5 Å². The number of hydrogen-bond donors (Lipinski definition) is 1. The van der Waals surface area contributed by atoms with Crippen molar-refractivity contribution in [3.8, 4) is 0 Å². The summed E-state index contributed by atoms with van der Waals surface area (Å²) in [7, 11) is -1.65. The molecule has 1 N–H and O–H groups in total. The van der Waals surface area contributed by atoms with Crippen molar-refractivity contribution in [1.82, 2.24) is 14.5 Å². The van der Waals surface area contributed by atoms with E-state index in [4.69, 9.17) is 11.6 Å². The summed E-state index contributed by atoms with van der Waals surface area (Å²) in [6.45, 7) is 2.29. The summed E-state index contributed by atoms with van der Waals surface area (Å²) in [6, 6.07) is 4.53. The van der Waals surface area contributed by atoms with Crippen molar-refractivity contribution < 1.29 is 13.2 Å². The maximum Gasteiger partial charge on any atom is 0.253 e. The van der Waals surface area contributed by atoms with Gasteiger partial charge in [-0.3, -0.25) is 4.79 Å². The van der Waals surface area contributed by atoms with Crippen LogP contribution in [0.4, 0.5) is 0 Å². The van der Waals surface area contributed by atoms with Crippen molar-refractivity contribution in [2.45, 2.75) is 36.6 Å². The van der Waals surface area contributed by atoms with E-state index in [0.29, 0.717) is 26.2 Å². The van der Waals surface area contributed by atoms with Gasteiger partial charge in [0, 0.05) is 32.2 Å². The number of halogens is 1. The highest BCUT2D eigenvalue weighted by atomic mass is 35.5. The average molecular weight is 386 g/mol. The third kappa shape index (κ3) is 4.16. The number of rotatable bonds is 4. The van der Waals surface area contributed by atoms with Gasteiger partial charge in [-0.25, -0.2) is 8.42 Å². The third-order valence-corrected chi connectivity index (χ3v) is 7.20. The van der Waals surface area contributed by atoms with Gasteiger partial charge in [-0.15, -0.1) is 0 Å². The molecule has 1 aromatic rings. The van der Waals surface area contributed by atoms with E-state index >= 15 is 0 Å². The Morgan fingerprint density at radius 3 is 2.44 bits per heavy atom. The summed E-state index contributed by atoms with van der Waals surface area (Å²) in [5, 5.41) is 3.23. The smallest absolute Gasteiger partial charge is 0.253 e. The van der Waals surface area contributed by atoms with Gasteiger partial charge in [0.1, 0.15) is 0 Å². The molecule has 1 aliphatic heterocycles. The van der Waals surface area contributed by atoms with Crippen LogP contribution in [0.15, 0.2) is 23.1 Å². The molecule has 0 unspecified atom stereocenters. The van der Waals surface area contributed by atoms with Crippen LogP contribution in [0.2, 0.25) is 5.02 Å². The van der Waals surface area contributed by atoms with Gasteiger partial charge in [0.25, 0.3) is 5.91 Å². The van der Waals surface area contributed by atoms with Gasteiger partial charge < -0.3 is 10.2 Å². The van der Waals surface area contributed by atoms with Crippen LogP contribution in [0.25, 0.3) is 0 Å². The van der Waals surface area contributed by atoms with E-state index in [1.165, 1.54) is 22.5 Å². The Balaban J connectivity index is 1.81. The molecule has 1 aromatic carbocycles. The summed E-state index contributed by atoms with van der Waals surface area (Å²) in [5.74, 6) is -0.299. The van der Waals surface area contributed by atoms with Crippen LogP contribution < -0.4 is 5.32 Å². The lowest BCUT2D eigenvalue weighted by atomic mass is 10.2. The minimum atomic E-state index is -3.62. The largest absolute Gasteiger partial charge is 0.349 e. The molecular formula is C17H24ClN3O3S. The monoisotopic (exact) mass is 385 g/mol. The van der Waals surface area contributed by atoms with Crippen molar-refractivity contribution in [1.29, 1.82) is 0 Å². The maximum atomic E-state index is 12.9.